The van der Waals surface area contributed by atoms with Crippen LogP contribution in [-0.4, -0.2) is 34.8 Å². The number of aliphatic hydroxyl groups is 1. The molecule has 0 saturated carbocycles. The lowest BCUT2D eigenvalue weighted by Crippen LogP contribution is -2.47. The van der Waals surface area contributed by atoms with E-state index in [0.29, 0.717) is 27.7 Å². The van der Waals surface area contributed by atoms with E-state index in [2.05, 4.69) is 5.10 Å². The van der Waals surface area contributed by atoms with E-state index >= 15 is 0 Å². The Balaban J connectivity index is 1.49. The molecule has 0 saturated heterocycles. The van der Waals surface area contributed by atoms with E-state index in [-0.39, 0.29) is 11.3 Å². The van der Waals surface area contributed by atoms with Crippen LogP contribution in [0.2, 0.25) is 0 Å². The van der Waals surface area contributed by atoms with Crippen molar-refractivity contribution in [3.8, 4) is 17.2 Å². The lowest BCUT2D eigenvalue weighted by atomic mass is 9.93. The van der Waals surface area contributed by atoms with Gasteiger partial charge in [0, 0.05) is 10.8 Å². The molecular weight excluding hydrogens is 476 g/mol. The Hall–Kier alpha value is -4.11. The third kappa shape index (κ3) is 4.11. The largest absolute Gasteiger partial charge is 0.497 e. The Morgan fingerprint density at radius 1 is 0.917 bits per heavy atom. The molecule has 1 aromatic heterocycles. The standard InChI is InChI=1S/C27H20F4N2O3/c1-35-22-10-11-23-17(14-22)3-2-4-25(23)36-16-26(34,27(29,30)31)19-5-12-24-18(13-19)15-32-33(24)21-8-6-20(28)7-9-21/h2-15,34H,16H2,1H3. The van der Waals surface area contributed by atoms with Gasteiger partial charge in [0.2, 0.25) is 5.60 Å². The summed E-state index contributed by atoms with van der Waals surface area (Å²) in [7, 11) is 1.52. The number of rotatable bonds is 6. The molecule has 4 aromatic carbocycles. The van der Waals surface area contributed by atoms with Gasteiger partial charge in [0.05, 0.1) is 24.5 Å². The molecule has 5 rings (SSSR count). The van der Waals surface area contributed by atoms with Crippen LogP contribution in [0, 0.1) is 5.82 Å². The molecule has 1 unspecified atom stereocenters. The molecule has 0 fully saturated rings. The molecule has 0 bridgehead atoms. The molecule has 36 heavy (non-hydrogen) atoms. The van der Waals surface area contributed by atoms with Crippen LogP contribution in [0.5, 0.6) is 11.5 Å². The summed E-state index contributed by atoms with van der Waals surface area (Å²) >= 11 is 0. The van der Waals surface area contributed by atoms with Crippen LogP contribution in [0.25, 0.3) is 27.4 Å². The zero-order valence-electron chi connectivity index (χ0n) is 19.0. The fourth-order valence-electron chi connectivity index (χ4n) is 4.07. The van der Waals surface area contributed by atoms with Crippen molar-refractivity contribution in [3.05, 3.63) is 96.4 Å². The van der Waals surface area contributed by atoms with Gasteiger partial charge in [-0.25, -0.2) is 9.07 Å². The van der Waals surface area contributed by atoms with E-state index in [1.807, 2.05) is 0 Å². The van der Waals surface area contributed by atoms with Gasteiger partial charge >= 0.3 is 6.18 Å². The second kappa shape index (κ2) is 8.83. The second-order valence-electron chi connectivity index (χ2n) is 8.30. The van der Waals surface area contributed by atoms with E-state index < -0.39 is 24.2 Å². The first-order valence-corrected chi connectivity index (χ1v) is 10.9. The van der Waals surface area contributed by atoms with Gasteiger partial charge in [-0.05, 0) is 71.6 Å². The quantitative estimate of drug-likeness (QED) is 0.286. The second-order valence-corrected chi connectivity index (χ2v) is 8.30. The third-order valence-electron chi connectivity index (χ3n) is 6.07. The first-order chi connectivity index (χ1) is 17.2. The monoisotopic (exact) mass is 496 g/mol. The Morgan fingerprint density at radius 2 is 1.69 bits per heavy atom. The summed E-state index contributed by atoms with van der Waals surface area (Å²) in [6, 6.07) is 19.5. The minimum absolute atomic E-state index is 0.197. The van der Waals surface area contributed by atoms with Gasteiger partial charge < -0.3 is 14.6 Å². The van der Waals surface area contributed by atoms with Crippen molar-refractivity contribution < 1.29 is 32.1 Å². The average molecular weight is 496 g/mol. The molecule has 1 atom stereocenters. The maximum Gasteiger partial charge on any atom is 0.424 e. The predicted octanol–water partition coefficient (Wildman–Crippen LogP) is 6.16. The molecule has 9 heteroatoms. The Labute approximate surface area is 203 Å². The zero-order valence-corrected chi connectivity index (χ0v) is 19.0. The van der Waals surface area contributed by atoms with Gasteiger partial charge in [0.1, 0.15) is 23.9 Å². The topological polar surface area (TPSA) is 56.5 Å². The minimum Gasteiger partial charge on any atom is -0.497 e. The van der Waals surface area contributed by atoms with Crippen molar-refractivity contribution in [1.82, 2.24) is 9.78 Å². The molecule has 0 aliphatic heterocycles. The number of halogens is 4. The van der Waals surface area contributed by atoms with Gasteiger partial charge in [-0.15, -0.1) is 0 Å². The minimum atomic E-state index is -5.03. The Morgan fingerprint density at radius 3 is 2.42 bits per heavy atom. The number of benzene rings is 4. The van der Waals surface area contributed by atoms with Gasteiger partial charge in [0.25, 0.3) is 0 Å². The summed E-state index contributed by atoms with van der Waals surface area (Å²) in [5, 5.41) is 16.8. The van der Waals surface area contributed by atoms with Gasteiger partial charge in [-0.1, -0.05) is 18.2 Å². The summed E-state index contributed by atoms with van der Waals surface area (Å²) in [5.74, 6) is 0.377. The highest BCUT2D eigenvalue weighted by Gasteiger charge is 2.56. The summed E-state index contributed by atoms with van der Waals surface area (Å²) in [6.45, 7) is -1.06. The zero-order chi connectivity index (χ0) is 25.5. The van der Waals surface area contributed by atoms with E-state index in [9.17, 15) is 22.7 Å². The lowest BCUT2D eigenvalue weighted by molar-refractivity contribution is -0.275. The summed E-state index contributed by atoms with van der Waals surface area (Å²) < 4.78 is 68.1. The van der Waals surface area contributed by atoms with E-state index in [0.717, 1.165) is 5.39 Å². The van der Waals surface area contributed by atoms with Crippen molar-refractivity contribution in [2.45, 2.75) is 11.8 Å². The molecule has 5 nitrogen and oxygen atoms in total. The van der Waals surface area contributed by atoms with Crippen LogP contribution < -0.4 is 9.47 Å². The number of nitrogens with zero attached hydrogens (tertiary/aromatic N) is 2. The van der Waals surface area contributed by atoms with Crippen LogP contribution in [0.1, 0.15) is 5.56 Å². The van der Waals surface area contributed by atoms with Crippen LogP contribution in [0.3, 0.4) is 0 Å². The van der Waals surface area contributed by atoms with Gasteiger partial charge in [0.15, 0.2) is 0 Å². The molecule has 0 spiro atoms. The van der Waals surface area contributed by atoms with E-state index in [4.69, 9.17) is 9.47 Å². The molecule has 1 N–H and O–H groups in total. The SMILES string of the molecule is COc1ccc2c(OCC(O)(c3ccc4c(cnn4-c4ccc(F)cc4)c3)C(F)(F)F)cccc2c1. The van der Waals surface area contributed by atoms with Crippen molar-refractivity contribution in [1.29, 1.82) is 0 Å². The molecule has 1 heterocycles. The normalized spacial score (nSPS) is 13.6. The molecule has 184 valence electrons. The van der Waals surface area contributed by atoms with Crippen molar-refractivity contribution >= 4 is 21.7 Å². The third-order valence-corrected chi connectivity index (χ3v) is 6.07. The highest BCUT2D eigenvalue weighted by Crippen LogP contribution is 2.41. The Bertz CT molecular complexity index is 1550. The number of hydrogen-bond donors (Lipinski definition) is 1. The molecule has 0 aliphatic carbocycles. The van der Waals surface area contributed by atoms with Crippen molar-refractivity contribution in [2.75, 3.05) is 13.7 Å². The summed E-state index contributed by atoms with van der Waals surface area (Å²) in [5.41, 5.74) is -2.63. The van der Waals surface area contributed by atoms with Gasteiger partial charge in [-0.2, -0.15) is 18.3 Å². The van der Waals surface area contributed by atoms with Crippen LogP contribution >= 0.6 is 0 Å². The van der Waals surface area contributed by atoms with Crippen LogP contribution in [0.15, 0.2) is 85.1 Å². The Kier molecular flexibility index (Phi) is 5.80. The fraction of sp³-hybridized carbons (Fsp3) is 0.148. The summed E-state index contributed by atoms with van der Waals surface area (Å²) in [6.07, 6.45) is -3.64. The van der Waals surface area contributed by atoms with Crippen LogP contribution in [0.4, 0.5) is 17.6 Å². The number of ether oxygens (including phenoxy) is 2. The number of hydrogen-bond acceptors (Lipinski definition) is 4. The first-order valence-electron chi connectivity index (χ1n) is 10.9. The van der Waals surface area contributed by atoms with Gasteiger partial charge in [-0.3, -0.25) is 0 Å². The number of aromatic nitrogens is 2. The lowest BCUT2D eigenvalue weighted by Gasteiger charge is -2.31. The molecular formula is C27H20F4N2O3. The number of alkyl halides is 3. The first kappa shape index (κ1) is 23.6. The number of fused-ring (bicyclic) bond motifs is 2. The van der Waals surface area contributed by atoms with E-state index in [1.165, 1.54) is 60.5 Å². The molecule has 0 aliphatic rings. The summed E-state index contributed by atoms with van der Waals surface area (Å²) in [4.78, 5) is 0. The molecule has 0 radical (unpaired) electrons. The molecule has 5 aromatic rings. The molecule has 0 amide bonds. The smallest absolute Gasteiger partial charge is 0.424 e. The van der Waals surface area contributed by atoms with E-state index in [1.54, 1.807) is 36.4 Å². The number of methoxy groups -OCH3 is 1. The fourth-order valence-corrected chi connectivity index (χ4v) is 4.07. The van der Waals surface area contributed by atoms with Crippen molar-refractivity contribution in [3.63, 3.8) is 0 Å². The maximum absolute atomic E-state index is 14.2. The maximum atomic E-state index is 14.2. The average Bonchev–Trinajstić information content (AvgIpc) is 3.30. The highest BCUT2D eigenvalue weighted by atomic mass is 19.4. The van der Waals surface area contributed by atoms with Crippen molar-refractivity contribution in [2.24, 2.45) is 0 Å². The van der Waals surface area contributed by atoms with Crippen LogP contribution in [-0.2, 0) is 5.60 Å². The highest BCUT2D eigenvalue weighted by molar-refractivity contribution is 5.89. The predicted molar refractivity (Wildman–Crippen MR) is 127 cm³/mol.